The highest BCUT2D eigenvalue weighted by atomic mass is 19.1. The van der Waals surface area contributed by atoms with Crippen LogP contribution in [0.25, 0.3) is 0 Å². The molecule has 1 aliphatic heterocycles. The summed E-state index contributed by atoms with van der Waals surface area (Å²) in [7, 11) is 1.69. The Hall–Kier alpha value is -2.91. The van der Waals surface area contributed by atoms with Gasteiger partial charge in [-0.15, -0.1) is 0 Å². The van der Waals surface area contributed by atoms with Gasteiger partial charge in [0.05, 0.1) is 17.8 Å². The number of benzene rings is 2. The van der Waals surface area contributed by atoms with Gasteiger partial charge >= 0.3 is 6.03 Å². The van der Waals surface area contributed by atoms with Gasteiger partial charge in [-0.25, -0.2) is 9.18 Å². The lowest BCUT2D eigenvalue weighted by molar-refractivity contribution is 0.226. The molecule has 1 saturated heterocycles. The standard InChI is InChI=1S/C21H23FN4O/c1-26(19-4-2-3-17(12-19)14-23)21(27)25-20-13-16(9-10-24-20)11-15-5-7-18(22)8-6-15/h2-8,12,16,20,24H,9-11,13H2,1H3,(H,25,27)/t16-,20-/m1/s1. The van der Waals surface area contributed by atoms with Gasteiger partial charge in [0.2, 0.25) is 0 Å². The van der Waals surface area contributed by atoms with Crippen LogP contribution in [0.15, 0.2) is 48.5 Å². The van der Waals surface area contributed by atoms with E-state index in [0.717, 1.165) is 31.4 Å². The van der Waals surface area contributed by atoms with E-state index in [4.69, 9.17) is 5.26 Å². The molecule has 2 atom stereocenters. The van der Waals surface area contributed by atoms with Crippen LogP contribution in [0.2, 0.25) is 0 Å². The van der Waals surface area contributed by atoms with Crippen molar-refractivity contribution in [1.29, 1.82) is 5.26 Å². The molecule has 0 spiro atoms. The Labute approximate surface area is 158 Å². The number of nitriles is 1. The number of anilines is 1. The molecule has 5 nitrogen and oxygen atoms in total. The summed E-state index contributed by atoms with van der Waals surface area (Å²) in [5, 5.41) is 15.4. The second-order valence-corrected chi connectivity index (χ2v) is 6.90. The minimum atomic E-state index is -0.224. The zero-order chi connectivity index (χ0) is 19.2. The summed E-state index contributed by atoms with van der Waals surface area (Å²) >= 11 is 0. The minimum absolute atomic E-state index is 0.113. The highest BCUT2D eigenvalue weighted by molar-refractivity contribution is 5.91. The molecule has 0 unspecified atom stereocenters. The van der Waals surface area contributed by atoms with Crippen LogP contribution in [-0.4, -0.2) is 25.8 Å². The number of urea groups is 1. The van der Waals surface area contributed by atoms with Gasteiger partial charge in [0.15, 0.2) is 0 Å². The van der Waals surface area contributed by atoms with Crippen molar-refractivity contribution in [3.8, 4) is 6.07 Å². The van der Waals surface area contributed by atoms with Crippen molar-refractivity contribution < 1.29 is 9.18 Å². The molecule has 1 heterocycles. The van der Waals surface area contributed by atoms with Crippen LogP contribution in [-0.2, 0) is 6.42 Å². The molecule has 0 aliphatic carbocycles. The third-order valence-electron chi connectivity index (χ3n) is 4.91. The lowest BCUT2D eigenvalue weighted by atomic mass is 9.89. The molecule has 2 aromatic rings. The highest BCUT2D eigenvalue weighted by Gasteiger charge is 2.24. The van der Waals surface area contributed by atoms with E-state index in [9.17, 15) is 9.18 Å². The number of nitrogens with zero attached hydrogens (tertiary/aromatic N) is 2. The fraction of sp³-hybridized carbons (Fsp3) is 0.333. The second-order valence-electron chi connectivity index (χ2n) is 6.90. The first-order chi connectivity index (χ1) is 13.0. The van der Waals surface area contributed by atoms with Crippen LogP contribution in [0.1, 0.15) is 24.0 Å². The molecule has 1 fully saturated rings. The van der Waals surface area contributed by atoms with Crippen molar-refractivity contribution in [2.75, 3.05) is 18.5 Å². The smallest absolute Gasteiger partial charge is 0.322 e. The van der Waals surface area contributed by atoms with Gasteiger partial charge < -0.3 is 5.32 Å². The number of carbonyl (C=O) groups is 1. The number of piperidine rings is 1. The molecule has 27 heavy (non-hydrogen) atoms. The number of amides is 2. The van der Waals surface area contributed by atoms with E-state index >= 15 is 0 Å². The Balaban J connectivity index is 1.57. The predicted octanol–water partition coefficient (Wildman–Crippen LogP) is 3.41. The van der Waals surface area contributed by atoms with Gasteiger partial charge in [-0.3, -0.25) is 10.2 Å². The van der Waals surface area contributed by atoms with Gasteiger partial charge in [-0.05, 0) is 67.6 Å². The maximum atomic E-state index is 13.1. The third-order valence-corrected chi connectivity index (χ3v) is 4.91. The monoisotopic (exact) mass is 366 g/mol. The van der Waals surface area contributed by atoms with E-state index in [1.165, 1.54) is 17.0 Å². The summed E-state index contributed by atoms with van der Waals surface area (Å²) < 4.78 is 13.1. The van der Waals surface area contributed by atoms with Crippen LogP contribution in [0.4, 0.5) is 14.9 Å². The summed E-state index contributed by atoms with van der Waals surface area (Å²) in [6, 6.07) is 15.4. The maximum Gasteiger partial charge on any atom is 0.322 e. The zero-order valence-corrected chi connectivity index (χ0v) is 15.3. The summed E-state index contributed by atoms with van der Waals surface area (Å²) in [4.78, 5) is 14.1. The fourth-order valence-corrected chi connectivity index (χ4v) is 3.39. The average Bonchev–Trinajstić information content (AvgIpc) is 2.69. The van der Waals surface area contributed by atoms with Crippen molar-refractivity contribution in [3.05, 3.63) is 65.5 Å². The Bertz CT molecular complexity index is 831. The Morgan fingerprint density at radius 1 is 1.33 bits per heavy atom. The lowest BCUT2D eigenvalue weighted by Gasteiger charge is -2.32. The van der Waals surface area contributed by atoms with Crippen LogP contribution < -0.4 is 15.5 Å². The van der Waals surface area contributed by atoms with E-state index in [0.29, 0.717) is 17.2 Å². The number of nitrogens with one attached hydrogen (secondary N) is 2. The first-order valence-corrected chi connectivity index (χ1v) is 9.07. The third kappa shape index (κ3) is 5.05. The van der Waals surface area contributed by atoms with Crippen LogP contribution in [0.5, 0.6) is 0 Å². The molecule has 3 rings (SSSR count). The Morgan fingerprint density at radius 3 is 2.85 bits per heavy atom. The number of hydrogen-bond donors (Lipinski definition) is 2. The molecule has 1 aliphatic rings. The maximum absolute atomic E-state index is 13.1. The van der Waals surface area contributed by atoms with Crippen LogP contribution >= 0.6 is 0 Å². The molecule has 2 aromatic carbocycles. The summed E-state index contributed by atoms with van der Waals surface area (Å²) in [6.07, 6.45) is 2.59. The molecule has 0 aromatic heterocycles. The quantitative estimate of drug-likeness (QED) is 0.871. The van der Waals surface area contributed by atoms with Crippen molar-refractivity contribution in [2.45, 2.75) is 25.4 Å². The molecule has 2 N–H and O–H groups in total. The fourth-order valence-electron chi connectivity index (χ4n) is 3.39. The van der Waals surface area contributed by atoms with E-state index in [2.05, 4.69) is 16.7 Å². The molecule has 6 heteroatoms. The average molecular weight is 366 g/mol. The SMILES string of the molecule is CN(C(=O)N[C@@H]1C[C@@H](Cc2ccc(F)cc2)CCN1)c1cccc(C#N)c1. The number of hydrogen-bond acceptors (Lipinski definition) is 3. The Morgan fingerprint density at radius 2 is 2.11 bits per heavy atom. The topological polar surface area (TPSA) is 68.2 Å². The van der Waals surface area contributed by atoms with Crippen molar-refractivity contribution in [1.82, 2.24) is 10.6 Å². The van der Waals surface area contributed by atoms with E-state index in [1.54, 1.807) is 31.3 Å². The molecule has 0 saturated carbocycles. The van der Waals surface area contributed by atoms with Gasteiger partial charge in [0.1, 0.15) is 5.82 Å². The normalized spacial score (nSPS) is 19.1. The molecular weight excluding hydrogens is 343 g/mol. The minimum Gasteiger partial charge on any atom is -0.322 e. The molecule has 140 valence electrons. The van der Waals surface area contributed by atoms with Crippen molar-refractivity contribution >= 4 is 11.7 Å². The van der Waals surface area contributed by atoms with Crippen LogP contribution in [0, 0.1) is 23.1 Å². The summed E-state index contributed by atoms with van der Waals surface area (Å²) in [5.74, 6) is 0.201. The van der Waals surface area contributed by atoms with E-state index in [1.807, 2.05) is 12.1 Å². The van der Waals surface area contributed by atoms with Gasteiger partial charge in [0, 0.05) is 12.7 Å². The molecule has 2 amide bonds. The largest absolute Gasteiger partial charge is 0.322 e. The van der Waals surface area contributed by atoms with Crippen molar-refractivity contribution in [3.63, 3.8) is 0 Å². The number of carbonyl (C=O) groups excluding carboxylic acids is 1. The van der Waals surface area contributed by atoms with E-state index in [-0.39, 0.29) is 18.0 Å². The van der Waals surface area contributed by atoms with Gasteiger partial charge in [-0.2, -0.15) is 5.26 Å². The highest BCUT2D eigenvalue weighted by Crippen LogP contribution is 2.21. The van der Waals surface area contributed by atoms with Crippen LogP contribution in [0.3, 0.4) is 0 Å². The molecule has 0 bridgehead atoms. The molecular formula is C21H23FN4O. The predicted molar refractivity (Wildman–Crippen MR) is 103 cm³/mol. The number of halogens is 1. The summed E-state index contributed by atoms with van der Waals surface area (Å²) in [6.45, 7) is 0.824. The first-order valence-electron chi connectivity index (χ1n) is 9.07. The second kappa shape index (κ2) is 8.65. The Kier molecular flexibility index (Phi) is 6.05. The molecule has 0 radical (unpaired) electrons. The van der Waals surface area contributed by atoms with Gasteiger partial charge in [-0.1, -0.05) is 18.2 Å². The zero-order valence-electron chi connectivity index (χ0n) is 15.3. The number of rotatable bonds is 4. The van der Waals surface area contributed by atoms with Crippen molar-refractivity contribution in [2.24, 2.45) is 5.92 Å². The van der Waals surface area contributed by atoms with E-state index < -0.39 is 0 Å². The first kappa shape index (κ1) is 18.9. The lowest BCUT2D eigenvalue weighted by Crippen LogP contribution is -2.53. The summed E-state index contributed by atoms with van der Waals surface area (Å²) in [5.41, 5.74) is 2.30. The van der Waals surface area contributed by atoms with Gasteiger partial charge in [0.25, 0.3) is 0 Å².